The molecule has 0 radical (unpaired) electrons. The van der Waals surface area contributed by atoms with Gasteiger partial charge in [0.05, 0.1) is 22.2 Å². The number of thioether (sulfide) groups is 1. The summed E-state index contributed by atoms with van der Waals surface area (Å²) in [6, 6.07) is 44.3. The Kier molecular flexibility index (Phi) is 4.41. The number of aromatic nitrogens is 2. The average Bonchev–Trinajstić information content (AvgIpc) is 3.64. The van der Waals surface area contributed by atoms with Gasteiger partial charge in [0.1, 0.15) is 0 Å². The average molecular weight is 517 g/mol. The first-order valence-electron chi connectivity index (χ1n) is 13.5. The quantitative estimate of drug-likeness (QED) is 0.223. The van der Waals surface area contributed by atoms with Crippen molar-refractivity contribution in [2.45, 2.75) is 16.1 Å². The maximum Gasteiger partial charge on any atom is 0.0562 e. The number of benzene rings is 5. The molecule has 0 saturated heterocycles. The highest BCUT2D eigenvalue weighted by Gasteiger charge is 2.39. The summed E-state index contributed by atoms with van der Waals surface area (Å²) in [5.74, 6) is 0.346. The van der Waals surface area contributed by atoms with Crippen LogP contribution < -0.4 is 0 Å². The maximum atomic E-state index is 2.48. The molecule has 2 atom stereocenters. The van der Waals surface area contributed by atoms with Crippen LogP contribution >= 0.6 is 11.8 Å². The van der Waals surface area contributed by atoms with Gasteiger partial charge in [-0.25, -0.2) is 0 Å². The monoisotopic (exact) mass is 516 g/mol. The van der Waals surface area contributed by atoms with Crippen molar-refractivity contribution in [2.24, 2.45) is 0 Å². The zero-order valence-corrected chi connectivity index (χ0v) is 22.0. The molecule has 2 unspecified atom stereocenters. The molecule has 1 aliphatic heterocycles. The molecule has 2 aliphatic rings. The minimum Gasteiger partial charge on any atom is -0.309 e. The molecule has 39 heavy (non-hydrogen) atoms. The highest BCUT2D eigenvalue weighted by Crippen LogP contribution is 2.55. The largest absolute Gasteiger partial charge is 0.309 e. The number of hydrogen-bond donors (Lipinski definition) is 0. The Bertz CT molecular complexity index is 2100. The second-order valence-corrected chi connectivity index (χ2v) is 11.7. The smallest absolute Gasteiger partial charge is 0.0562 e. The summed E-state index contributed by atoms with van der Waals surface area (Å²) >= 11 is 2.00. The molecule has 0 N–H and O–H groups in total. The van der Waals surface area contributed by atoms with Crippen LogP contribution in [0.3, 0.4) is 0 Å². The highest BCUT2D eigenvalue weighted by molar-refractivity contribution is 8.00. The minimum atomic E-state index is 0.346. The fraction of sp³-hybridized carbons (Fsp3) is 0.0556. The van der Waals surface area contributed by atoms with Crippen molar-refractivity contribution in [3.8, 4) is 11.4 Å². The second kappa shape index (κ2) is 8.02. The molecule has 2 aromatic heterocycles. The van der Waals surface area contributed by atoms with Gasteiger partial charge in [-0.15, -0.1) is 11.8 Å². The lowest BCUT2D eigenvalue weighted by Crippen LogP contribution is -2.14. The van der Waals surface area contributed by atoms with Gasteiger partial charge in [0.15, 0.2) is 0 Å². The van der Waals surface area contributed by atoms with Gasteiger partial charge < -0.3 is 9.13 Å². The van der Waals surface area contributed by atoms with Gasteiger partial charge >= 0.3 is 0 Å². The Balaban J connectivity index is 1.45. The fourth-order valence-corrected chi connectivity index (χ4v) is 8.24. The van der Waals surface area contributed by atoms with E-state index in [9.17, 15) is 0 Å². The SMILES string of the molecule is C1=CC2Sc3ccccc3C2c2c1n(-c1ccccc1)c1cc3c(cc21)c1ccccc1n3-c1ccccc1. The van der Waals surface area contributed by atoms with E-state index in [-0.39, 0.29) is 0 Å². The first-order chi connectivity index (χ1) is 19.4. The zero-order valence-electron chi connectivity index (χ0n) is 21.2. The van der Waals surface area contributed by atoms with Gasteiger partial charge in [-0.2, -0.15) is 0 Å². The number of fused-ring (bicyclic) bond motifs is 10. The number of rotatable bonds is 2. The molecule has 3 heterocycles. The van der Waals surface area contributed by atoms with Crippen molar-refractivity contribution >= 4 is 50.5 Å². The number of nitrogens with zero attached hydrogens (tertiary/aromatic N) is 2. The van der Waals surface area contributed by atoms with Crippen LogP contribution in [0.4, 0.5) is 0 Å². The van der Waals surface area contributed by atoms with E-state index in [0.717, 1.165) is 0 Å². The minimum absolute atomic E-state index is 0.346. The first kappa shape index (κ1) is 21.5. The molecule has 0 saturated carbocycles. The molecule has 0 spiro atoms. The molecule has 9 rings (SSSR count). The highest BCUT2D eigenvalue weighted by atomic mass is 32.2. The van der Waals surface area contributed by atoms with Crippen LogP contribution in [-0.4, -0.2) is 14.4 Å². The van der Waals surface area contributed by atoms with E-state index in [0.29, 0.717) is 11.2 Å². The van der Waals surface area contributed by atoms with Crippen LogP contribution in [0.2, 0.25) is 0 Å². The topological polar surface area (TPSA) is 9.86 Å². The number of hydrogen-bond acceptors (Lipinski definition) is 1. The van der Waals surface area contributed by atoms with E-state index >= 15 is 0 Å². The Morgan fingerprint density at radius 3 is 2.03 bits per heavy atom. The Morgan fingerprint density at radius 2 is 1.21 bits per heavy atom. The number of para-hydroxylation sites is 3. The van der Waals surface area contributed by atoms with Crippen molar-refractivity contribution < 1.29 is 0 Å². The second-order valence-electron chi connectivity index (χ2n) is 10.5. The van der Waals surface area contributed by atoms with Crippen LogP contribution in [-0.2, 0) is 0 Å². The van der Waals surface area contributed by atoms with Gasteiger partial charge in [0.2, 0.25) is 0 Å². The summed E-state index contributed by atoms with van der Waals surface area (Å²) in [6.07, 6.45) is 4.80. The van der Waals surface area contributed by atoms with Crippen molar-refractivity contribution in [1.29, 1.82) is 0 Å². The molecule has 0 fully saturated rings. The van der Waals surface area contributed by atoms with E-state index in [1.54, 1.807) is 0 Å². The van der Waals surface area contributed by atoms with Crippen molar-refractivity contribution in [1.82, 2.24) is 9.13 Å². The third kappa shape index (κ3) is 2.94. The molecule has 184 valence electrons. The van der Waals surface area contributed by atoms with Crippen LogP contribution in [0.25, 0.3) is 50.2 Å². The van der Waals surface area contributed by atoms with Crippen LogP contribution in [0, 0.1) is 0 Å². The van der Waals surface area contributed by atoms with Gasteiger partial charge in [-0.3, -0.25) is 0 Å². The van der Waals surface area contributed by atoms with E-state index < -0.39 is 0 Å². The van der Waals surface area contributed by atoms with Gasteiger partial charge in [0, 0.05) is 43.6 Å². The van der Waals surface area contributed by atoms with Gasteiger partial charge in [0.25, 0.3) is 0 Å². The third-order valence-corrected chi connectivity index (χ3v) is 9.79. The molecular formula is C36H24N2S. The van der Waals surface area contributed by atoms with Gasteiger partial charge in [-0.05, 0) is 65.7 Å². The zero-order chi connectivity index (χ0) is 25.5. The van der Waals surface area contributed by atoms with Crippen LogP contribution in [0.5, 0.6) is 0 Å². The van der Waals surface area contributed by atoms with E-state index in [2.05, 4.69) is 143 Å². The Hall–Kier alpha value is -4.47. The third-order valence-electron chi connectivity index (χ3n) is 8.47. The van der Waals surface area contributed by atoms with Crippen LogP contribution in [0.15, 0.2) is 132 Å². The normalized spacial score (nSPS) is 17.5. The van der Waals surface area contributed by atoms with Crippen molar-refractivity contribution in [2.75, 3.05) is 0 Å². The molecule has 7 aromatic rings. The lowest BCUT2D eigenvalue weighted by Gasteiger charge is -2.23. The summed E-state index contributed by atoms with van der Waals surface area (Å²) in [7, 11) is 0. The van der Waals surface area contributed by atoms with E-state index in [4.69, 9.17) is 0 Å². The molecular weight excluding hydrogens is 492 g/mol. The fourth-order valence-electron chi connectivity index (χ4n) is 6.89. The predicted molar refractivity (Wildman–Crippen MR) is 165 cm³/mol. The molecule has 0 bridgehead atoms. The lowest BCUT2D eigenvalue weighted by atomic mass is 9.83. The maximum absolute atomic E-state index is 2.48. The standard InChI is InChI=1S/C36H24N2S/c1-3-11-23(12-4-1)37-29-17-9-7-15-25(29)27-21-28-32(22-31(27)37)38(24-13-5-2-6-14-24)30-19-20-34-36(35(28)30)26-16-8-10-18-33(26)39-34/h1-22,34,36H. The molecule has 3 heteroatoms. The summed E-state index contributed by atoms with van der Waals surface area (Å²) in [5, 5.41) is 4.38. The Morgan fingerprint density at radius 1 is 0.538 bits per heavy atom. The molecule has 2 nitrogen and oxygen atoms in total. The van der Waals surface area contributed by atoms with Crippen molar-refractivity contribution in [3.63, 3.8) is 0 Å². The molecule has 5 aromatic carbocycles. The van der Waals surface area contributed by atoms with Crippen LogP contribution in [0.1, 0.15) is 22.7 Å². The van der Waals surface area contributed by atoms with E-state index in [1.807, 2.05) is 11.8 Å². The molecule has 0 amide bonds. The lowest BCUT2D eigenvalue weighted by molar-refractivity contribution is 0.843. The first-order valence-corrected chi connectivity index (χ1v) is 14.4. The van der Waals surface area contributed by atoms with E-state index in [1.165, 1.54) is 65.8 Å². The summed E-state index contributed by atoms with van der Waals surface area (Å²) in [5.41, 5.74) is 10.3. The summed E-state index contributed by atoms with van der Waals surface area (Å²) in [4.78, 5) is 1.41. The van der Waals surface area contributed by atoms with Crippen molar-refractivity contribution in [3.05, 3.63) is 144 Å². The van der Waals surface area contributed by atoms with Gasteiger partial charge in [-0.1, -0.05) is 78.9 Å². The predicted octanol–water partition coefficient (Wildman–Crippen LogP) is 9.36. The summed E-state index contributed by atoms with van der Waals surface area (Å²) < 4.78 is 4.90. The summed E-state index contributed by atoms with van der Waals surface area (Å²) in [6.45, 7) is 0. The molecule has 1 aliphatic carbocycles. The Labute approximate surface area is 230 Å².